The molecule has 0 amide bonds. The van der Waals surface area contributed by atoms with E-state index in [1.807, 2.05) is 23.9 Å². The summed E-state index contributed by atoms with van der Waals surface area (Å²) in [6.07, 6.45) is 5.67. The Labute approximate surface area is 95.1 Å². The molecule has 0 spiro atoms. The van der Waals surface area contributed by atoms with Crippen LogP contribution >= 0.6 is 11.8 Å². The van der Waals surface area contributed by atoms with Crippen LogP contribution in [0.25, 0.3) is 0 Å². The van der Waals surface area contributed by atoms with Crippen molar-refractivity contribution < 1.29 is 5.11 Å². The molecule has 1 heterocycles. The number of nitrogens with zero attached hydrogens (tertiary/aromatic N) is 2. The topological polar surface area (TPSA) is 50.1 Å². The van der Waals surface area contributed by atoms with Crippen molar-refractivity contribution in [2.75, 3.05) is 23.9 Å². The molecule has 1 aromatic heterocycles. The van der Waals surface area contributed by atoms with Gasteiger partial charge in [-0.3, -0.25) is 0 Å². The number of hydrogen-bond donors (Lipinski definition) is 2. The summed E-state index contributed by atoms with van der Waals surface area (Å²) in [5, 5.41) is 13.1. The summed E-state index contributed by atoms with van der Waals surface area (Å²) in [5.74, 6) is 1.53. The summed E-state index contributed by atoms with van der Waals surface area (Å²) in [6, 6.07) is 0. The summed E-state index contributed by atoms with van der Waals surface area (Å²) in [5.41, 5.74) is -0.691. The second kappa shape index (κ2) is 5.42. The molecule has 0 aliphatic carbocycles. The van der Waals surface area contributed by atoms with Crippen molar-refractivity contribution in [2.24, 2.45) is 0 Å². The molecule has 0 aliphatic heterocycles. The number of thioether (sulfide) groups is 1. The molecule has 1 rings (SSSR count). The molecule has 86 valence electrons. The van der Waals surface area contributed by atoms with Gasteiger partial charge >= 0.3 is 0 Å². The molecule has 15 heavy (non-hydrogen) atoms. The van der Waals surface area contributed by atoms with E-state index in [1.165, 1.54) is 0 Å². The quantitative estimate of drug-likeness (QED) is 0.775. The molecule has 0 aliphatic rings. The first-order valence-corrected chi connectivity index (χ1v) is 6.45. The summed E-state index contributed by atoms with van der Waals surface area (Å²) in [7, 11) is 0. The van der Waals surface area contributed by atoms with Crippen LogP contribution in [0.5, 0.6) is 0 Å². The van der Waals surface area contributed by atoms with Crippen molar-refractivity contribution in [3.63, 3.8) is 0 Å². The predicted molar refractivity (Wildman–Crippen MR) is 65.4 cm³/mol. The molecule has 2 N–H and O–H groups in total. The lowest BCUT2D eigenvalue weighted by Gasteiger charge is -2.22. The van der Waals surface area contributed by atoms with Gasteiger partial charge in [0.05, 0.1) is 5.60 Å². The molecule has 0 radical (unpaired) electrons. The molecule has 0 saturated heterocycles. The summed E-state index contributed by atoms with van der Waals surface area (Å²) in [4.78, 5) is 4.18. The molecule has 1 atom stereocenters. The van der Waals surface area contributed by atoms with Gasteiger partial charge in [-0.25, -0.2) is 4.98 Å². The summed E-state index contributed by atoms with van der Waals surface area (Å²) >= 11 is 1.64. The van der Waals surface area contributed by atoms with Gasteiger partial charge in [-0.1, -0.05) is 0 Å². The van der Waals surface area contributed by atoms with Crippen LogP contribution in [0.15, 0.2) is 12.4 Å². The van der Waals surface area contributed by atoms with Crippen LogP contribution in [0.1, 0.15) is 13.8 Å². The molecule has 0 fully saturated rings. The largest absolute Gasteiger partial charge is 0.387 e. The predicted octanol–water partition coefficient (Wildman–Crippen LogP) is 1.43. The van der Waals surface area contributed by atoms with Crippen LogP contribution in [0.2, 0.25) is 0 Å². The number of anilines is 1. The van der Waals surface area contributed by atoms with Gasteiger partial charge in [0.25, 0.3) is 0 Å². The lowest BCUT2D eigenvalue weighted by atomic mass is 10.1. The van der Waals surface area contributed by atoms with Crippen molar-refractivity contribution in [3.8, 4) is 0 Å². The number of hydrogen-bond acceptors (Lipinski definition) is 4. The van der Waals surface area contributed by atoms with Crippen LogP contribution in [0.3, 0.4) is 0 Å². The van der Waals surface area contributed by atoms with Gasteiger partial charge < -0.3 is 15.0 Å². The summed E-state index contributed by atoms with van der Waals surface area (Å²) < 4.78 is 2.01. The van der Waals surface area contributed by atoms with Gasteiger partial charge in [-0.15, -0.1) is 0 Å². The molecule has 1 aromatic rings. The maximum atomic E-state index is 9.96. The highest BCUT2D eigenvalue weighted by molar-refractivity contribution is 7.98. The normalized spacial score (nSPS) is 14.9. The minimum atomic E-state index is -0.691. The zero-order chi connectivity index (χ0) is 11.3. The van der Waals surface area contributed by atoms with E-state index in [0.29, 0.717) is 12.3 Å². The van der Waals surface area contributed by atoms with Crippen LogP contribution in [-0.2, 0) is 6.54 Å². The Morgan fingerprint density at radius 2 is 2.40 bits per heavy atom. The fourth-order valence-electron chi connectivity index (χ4n) is 1.36. The number of nitrogens with one attached hydrogen (secondary N) is 1. The highest BCUT2D eigenvalue weighted by Gasteiger charge is 2.19. The van der Waals surface area contributed by atoms with Gasteiger partial charge in [0.2, 0.25) is 5.95 Å². The SMILES string of the molecule is CCn1ccnc1NCC(C)(O)CSC. The van der Waals surface area contributed by atoms with E-state index in [2.05, 4.69) is 17.2 Å². The molecular formula is C10H19N3OS. The summed E-state index contributed by atoms with van der Waals surface area (Å²) in [6.45, 7) is 5.29. The van der Waals surface area contributed by atoms with E-state index >= 15 is 0 Å². The number of rotatable bonds is 6. The van der Waals surface area contributed by atoms with Crippen LogP contribution in [0.4, 0.5) is 5.95 Å². The maximum Gasteiger partial charge on any atom is 0.202 e. The number of imidazole rings is 1. The Kier molecular flexibility index (Phi) is 4.47. The highest BCUT2D eigenvalue weighted by atomic mass is 32.2. The molecule has 0 aromatic carbocycles. The zero-order valence-corrected chi connectivity index (χ0v) is 10.3. The van der Waals surface area contributed by atoms with Gasteiger partial charge in [0.1, 0.15) is 0 Å². The number of aryl methyl sites for hydroxylation is 1. The first kappa shape index (κ1) is 12.4. The van der Waals surface area contributed by atoms with E-state index in [1.54, 1.807) is 18.0 Å². The van der Waals surface area contributed by atoms with Gasteiger partial charge in [0.15, 0.2) is 0 Å². The molecule has 0 bridgehead atoms. The Balaban J connectivity index is 2.49. The third kappa shape index (κ3) is 3.76. The smallest absolute Gasteiger partial charge is 0.202 e. The molecule has 4 nitrogen and oxygen atoms in total. The van der Waals surface area contributed by atoms with Gasteiger partial charge in [-0.05, 0) is 20.1 Å². The third-order valence-corrected chi connectivity index (χ3v) is 3.05. The van der Waals surface area contributed by atoms with Crippen molar-refractivity contribution in [1.82, 2.24) is 9.55 Å². The van der Waals surface area contributed by atoms with E-state index in [-0.39, 0.29) is 0 Å². The Hall–Kier alpha value is -0.680. The maximum absolute atomic E-state index is 9.96. The Bertz CT molecular complexity index is 299. The van der Waals surface area contributed by atoms with Crippen molar-refractivity contribution in [1.29, 1.82) is 0 Å². The average Bonchev–Trinajstić information content (AvgIpc) is 2.62. The minimum Gasteiger partial charge on any atom is -0.387 e. The van der Waals surface area contributed by atoms with Gasteiger partial charge in [-0.2, -0.15) is 11.8 Å². The van der Waals surface area contributed by atoms with E-state index < -0.39 is 5.60 Å². The highest BCUT2D eigenvalue weighted by Crippen LogP contribution is 2.12. The van der Waals surface area contributed by atoms with Crippen molar-refractivity contribution >= 4 is 17.7 Å². The first-order chi connectivity index (χ1) is 7.09. The van der Waals surface area contributed by atoms with Crippen LogP contribution in [-0.4, -0.2) is 38.8 Å². The minimum absolute atomic E-state index is 0.519. The van der Waals surface area contributed by atoms with Crippen molar-refractivity contribution in [2.45, 2.75) is 26.0 Å². The van der Waals surface area contributed by atoms with Crippen molar-refractivity contribution in [3.05, 3.63) is 12.4 Å². The van der Waals surface area contributed by atoms with Gasteiger partial charge in [0, 0.05) is 31.2 Å². The second-order valence-electron chi connectivity index (χ2n) is 3.82. The Morgan fingerprint density at radius 3 is 3.00 bits per heavy atom. The second-order valence-corrected chi connectivity index (χ2v) is 4.69. The number of aliphatic hydroxyl groups is 1. The molecule has 1 unspecified atom stereocenters. The molecule has 5 heteroatoms. The van der Waals surface area contributed by atoms with Crippen LogP contribution < -0.4 is 5.32 Å². The van der Waals surface area contributed by atoms with E-state index in [0.717, 1.165) is 12.5 Å². The standard InChI is InChI=1S/C10H19N3OS/c1-4-13-6-5-11-9(13)12-7-10(2,14)8-15-3/h5-6,14H,4,7-8H2,1-3H3,(H,11,12). The number of aromatic nitrogens is 2. The molecule has 0 saturated carbocycles. The Morgan fingerprint density at radius 1 is 1.67 bits per heavy atom. The lowest BCUT2D eigenvalue weighted by molar-refractivity contribution is 0.0994. The lowest BCUT2D eigenvalue weighted by Crippen LogP contribution is -2.36. The average molecular weight is 229 g/mol. The van der Waals surface area contributed by atoms with Crippen LogP contribution in [0, 0.1) is 0 Å². The third-order valence-electron chi connectivity index (χ3n) is 2.14. The fraction of sp³-hybridized carbons (Fsp3) is 0.700. The monoisotopic (exact) mass is 229 g/mol. The zero-order valence-electron chi connectivity index (χ0n) is 9.53. The van der Waals surface area contributed by atoms with E-state index in [4.69, 9.17) is 0 Å². The molecular weight excluding hydrogens is 210 g/mol. The van der Waals surface area contributed by atoms with E-state index in [9.17, 15) is 5.11 Å². The fourth-order valence-corrected chi connectivity index (χ4v) is 2.09. The first-order valence-electron chi connectivity index (χ1n) is 5.05.